The summed E-state index contributed by atoms with van der Waals surface area (Å²) in [5.41, 5.74) is 1.58. The third kappa shape index (κ3) is 3.78. The molecule has 0 aliphatic carbocycles. The van der Waals surface area contributed by atoms with Crippen LogP contribution in [0.15, 0.2) is 47.4 Å². The van der Waals surface area contributed by atoms with Gasteiger partial charge in [-0.05, 0) is 31.5 Å². The highest BCUT2D eigenvalue weighted by Crippen LogP contribution is 2.03. The molecule has 0 unspecified atom stereocenters. The molecule has 0 fully saturated rings. The van der Waals surface area contributed by atoms with Crippen molar-refractivity contribution in [3.8, 4) is 0 Å². The Morgan fingerprint density at radius 2 is 2.15 bits per heavy atom. The van der Waals surface area contributed by atoms with Crippen molar-refractivity contribution in [3.63, 3.8) is 0 Å². The summed E-state index contributed by atoms with van der Waals surface area (Å²) in [4.78, 5) is 23.3. The van der Waals surface area contributed by atoms with Crippen LogP contribution < -0.4 is 10.9 Å². The van der Waals surface area contributed by atoms with E-state index in [1.165, 1.54) is 10.7 Å². The fraction of sp³-hybridized carbons (Fsp3) is 0.267. The van der Waals surface area contributed by atoms with Crippen LogP contribution >= 0.6 is 0 Å². The molecular weight excluding hydrogens is 254 g/mol. The third-order valence-corrected chi connectivity index (χ3v) is 2.90. The number of nitrogens with one attached hydrogen (secondary N) is 1. The molecule has 0 radical (unpaired) electrons. The van der Waals surface area contributed by atoms with E-state index in [0.29, 0.717) is 25.1 Å². The second-order valence-corrected chi connectivity index (χ2v) is 4.56. The van der Waals surface area contributed by atoms with Crippen molar-refractivity contribution in [2.75, 3.05) is 6.54 Å². The molecule has 5 heteroatoms. The number of hydrogen-bond acceptors (Lipinski definition) is 3. The zero-order valence-electron chi connectivity index (χ0n) is 11.4. The number of amides is 1. The topological polar surface area (TPSA) is 64.0 Å². The smallest absolute Gasteiger partial charge is 0.266 e. The van der Waals surface area contributed by atoms with Crippen LogP contribution in [-0.2, 0) is 6.54 Å². The van der Waals surface area contributed by atoms with Crippen molar-refractivity contribution in [1.29, 1.82) is 0 Å². The maximum absolute atomic E-state index is 11.9. The molecule has 2 aromatic rings. The normalized spacial score (nSPS) is 10.2. The minimum absolute atomic E-state index is 0.0953. The van der Waals surface area contributed by atoms with Gasteiger partial charge in [0.25, 0.3) is 11.5 Å². The summed E-state index contributed by atoms with van der Waals surface area (Å²) in [5, 5.41) is 6.79. The molecule has 1 heterocycles. The molecule has 2 rings (SSSR count). The van der Waals surface area contributed by atoms with Crippen LogP contribution in [0.4, 0.5) is 0 Å². The molecule has 0 saturated carbocycles. The highest BCUT2D eigenvalue weighted by Gasteiger charge is 2.04. The quantitative estimate of drug-likeness (QED) is 0.835. The Bertz CT molecular complexity index is 649. The van der Waals surface area contributed by atoms with Gasteiger partial charge in [-0.25, -0.2) is 4.68 Å². The molecule has 1 N–H and O–H groups in total. The Labute approximate surface area is 117 Å². The van der Waals surface area contributed by atoms with Gasteiger partial charge < -0.3 is 5.32 Å². The van der Waals surface area contributed by atoms with E-state index in [-0.39, 0.29) is 11.5 Å². The highest BCUT2D eigenvalue weighted by atomic mass is 16.1. The van der Waals surface area contributed by atoms with E-state index in [1.807, 2.05) is 25.1 Å². The van der Waals surface area contributed by atoms with E-state index < -0.39 is 0 Å². The van der Waals surface area contributed by atoms with Crippen molar-refractivity contribution in [2.24, 2.45) is 0 Å². The number of nitrogens with zero attached hydrogens (tertiary/aromatic N) is 2. The van der Waals surface area contributed by atoms with Gasteiger partial charge in [-0.2, -0.15) is 5.10 Å². The van der Waals surface area contributed by atoms with E-state index in [9.17, 15) is 9.59 Å². The van der Waals surface area contributed by atoms with Crippen LogP contribution in [0.25, 0.3) is 0 Å². The summed E-state index contributed by atoms with van der Waals surface area (Å²) >= 11 is 0. The number of aromatic nitrogens is 2. The lowest BCUT2D eigenvalue weighted by Crippen LogP contribution is -2.27. The molecule has 0 saturated heterocycles. The van der Waals surface area contributed by atoms with Gasteiger partial charge in [0.1, 0.15) is 0 Å². The van der Waals surface area contributed by atoms with Gasteiger partial charge >= 0.3 is 0 Å². The van der Waals surface area contributed by atoms with Gasteiger partial charge in [-0.3, -0.25) is 9.59 Å². The molecule has 0 aliphatic heterocycles. The predicted octanol–water partition coefficient (Wildman–Crippen LogP) is 1.37. The lowest BCUT2D eigenvalue weighted by molar-refractivity contribution is 0.0952. The fourth-order valence-corrected chi connectivity index (χ4v) is 1.87. The maximum Gasteiger partial charge on any atom is 0.266 e. The molecular formula is C15H17N3O2. The minimum atomic E-state index is -0.127. The first-order valence-corrected chi connectivity index (χ1v) is 6.54. The number of carbonyl (C=O) groups is 1. The molecule has 0 bridgehead atoms. The maximum atomic E-state index is 11.9. The summed E-state index contributed by atoms with van der Waals surface area (Å²) in [6, 6.07) is 10.5. The average Bonchev–Trinajstić information content (AvgIpc) is 2.45. The monoisotopic (exact) mass is 271 g/mol. The Morgan fingerprint density at radius 1 is 1.30 bits per heavy atom. The van der Waals surface area contributed by atoms with E-state index in [1.54, 1.807) is 18.3 Å². The Kier molecular flexibility index (Phi) is 4.65. The molecule has 1 amide bonds. The number of rotatable bonds is 5. The van der Waals surface area contributed by atoms with Gasteiger partial charge in [-0.15, -0.1) is 0 Å². The summed E-state index contributed by atoms with van der Waals surface area (Å²) < 4.78 is 1.39. The summed E-state index contributed by atoms with van der Waals surface area (Å²) in [6.07, 6.45) is 2.24. The van der Waals surface area contributed by atoms with Crippen molar-refractivity contribution >= 4 is 5.91 Å². The molecule has 0 spiro atoms. The van der Waals surface area contributed by atoms with Gasteiger partial charge in [0, 0.05) is 30.9 Å². The SMILES string of the molecule is Cc1cccc(C(=O)NCCCn2ncccc2=O)c1. The van der Waals surface area contributed by atoms with E-state index >= 15 is 0 Å². The van der Waals surface area contributed by atoms with Crippen molar-refractivity contribution in [2.45, 2.75) is 19.9 Å². The molecule has 5 nitrogen and oxygen atoms in total. The van der Waals surface area contributed by atoms with Crippen LogP contribution in [0.5, 0.6) is 0 Å². The number of hydrogen-bond donors (Lipinski definition) is 1. The first kappa shape index (κ1) is 14.0. The van der Waals surface area contributed by atoms with Gasteiger partial charge in [0.2, 0.25) is 0 Å². The van der Waals surface area contributed by atoms with Crippen LogP contribution in [0.2, 0.25) is 0 Å². The van der Waals surface area contributed by atoms with Gasteiger partial charge in [-0.1, -0.05) is 17.7 Å². The van der Waals surface area contributed by atoms with Crippen LogP contribution in [0.1, 0.15) is 22.3 Å². The molecule has 0 aliphatic rings. The zero-order chi connectivity index (χ0) is 14.4. The van der Waals surface area contributed by atoms with Gasteiger partial charge in [0.05, 0.1) is 0 Å². The lowest BCUT2D eigenvalue weighted by atomic mass is 10.1. The van der Waals surface area contributed by atoms with E-state index in [0.717, 1.165) is 5.56 Å². The number of aryl methyl sites for hydroxylation is 2. The van der Waals surface area contributed by atoms with Crippen LogP contribution in [-0.4, -0.2) is 22.2 Å². The average molecular weight is 271 g/mol. The summed E-state index contributed by atoms with van der Waals surface area (Å²) in [6.45, 7) is 2.95. The second kappa shape index (κ2) is 6.65. The molecule has 0 atom stereocenters. The molecule has 104 valence electrons. The summed E-state index contributed by atoms with van der Waals surface area (Å²) in [5.74, 6) is -0.0953. The molecule has 1 aromatic heterocycles. The highest BCUT2D eigenvalue weighted by molar-refractivity contribution is 5.94. The minimum Gasteiger partial charge on any atom is -0.352 e. The summed E-state index contributed by atoms with van der Waals surface area (Å²) in [7, 11) is 0. The molecule has 1 aromatic carbocycles. The Balaban J connectivity index is 1.80. The van der Waals surface area contributed by atoms with Crippen LogP contribution in [0, 0.1) is 6.92 Å². The van der Waals surface area contributed by atoms with Crippen molar-refractivity contribution in [1.82, 2.24) is 15.1 Å². The van der Waals surface area contributed by atoms with Crippen molar-refractivity contribution in [3.05, 3.63) is 64.1 Å². The number of benzene rings is 1. The van der Waals surface area contributed by atoms with Gasteiger partial charge in [0.15, 0.2) is 0 Å². The Morgan fingerprint density at radius 3 is 2.90 bits per heavy atom. The fourth-order valence-electron chi connectivity index (χ4n) is 1.87. The molecule has 20 heavy (non-hydrogen) atoms. The van der Waals surface area contributed by atoms with E-state index in [2.05, 4.69) is 10.4 Å². The zero-order valence-corrected chi connectivity index (χ0v) is 11.4. The standard InChI is InChI=1S/C15H17N3O2/c1-12-5-2-6-13(11-12)15(20)16-8-4-10-18-14(19)7-3-9-17-18/h2-3,5-7,9,11H,4,8,10H2,1H3,(H,16,20). The first-order chi connectivity index (χ1) is 9.66. The second-order valence-electron chi connectivity index (χ2n) is 4.56. The van der Waals surface area contributed by atoms with Crippen LogP contribution in [0.3, 0.4) is 0 Å². The Hall–Kier alpha value is -2.43. The van der Waals surface area contributed by atoms with Crippen molar-refractivity contribution < 1.29 is 4.79 Å². The third-order valence-electron chi connectivity index (χ3n) is 2.90. The lowest BCUT2D eigenvalue weighted by Gasteiger charge is -2.06. The first-order valence-electron chi connectivity index (χ1n) is 6.54. The largest absolute Gasteiger partial charge is 0.352 e. The number of carbonyl (C=O) groups excluding carboxylic acids is 1. The van der Waals surface area contributed by atoms with E-state index in [4.69, 9.17) is 0 Å². The predicted molar refractivity (Wildman–Crippen MR) is 76.6 cm³/mol.